The predicted octanol–water partition coefficient (Wildman–Crippen LogP) is 4.15. The third-order valence-electron chi connectivity index (χ3n) is 5.28. The second-order valence-electron chi connectivity index (χ2n) is 8.70. The van der Waals surface area contributed by atoms with Crippen molar-refractivity contribution in [1.29, 1.82) is 0 Å². The minimum Gasteiger partial charge on any atom is -0.336 e. The molecule has 0 aliphatic heterocycles. The summed E-state index contributed by atoms with van der Waals surface area (Å²) in [5.41, 5.74) is 1.28. The average molecular weight is 436 g/mol. The van der Waals surface area contributed by atoms with Gasteiger partial charge in [-0.05, 0) is 26.8 Å². The molecule has 0 spiro atoms. The lowest BCUT2D eigenvalue weighted by molar-refractivity contribution is -0.142. The number of aryl methyl sites for hydroxylation is 2. The average Bonchev–Trinajstić information content (AvgIpc) is 3.20. The molecule has 3 heterocycles. The van der Waals surface area contributed by atoms with Gasteiger partial charge < -0.3 is 4.90 Å². The van der Waals surface area contributed by atoms with E-state index in [4.69, 9.17) is 0 Å². The zero-order valence-electron chi connectivity index (χ0n) is 18.8. The summed E-state index contributed by atoms with van der Waals surface area (Å²) in [7, 11) is 1.59. The van der Waals surface area contributed by atoms with Crippen LogP contribution in [0.15, 0.2) is 12.1 Å². The lowest BCUT2D eigenvalue weighted by Crippen LogP contribution is -2.27. The maximum absolute atomic E-state index is 13.7. The minimum absolute atomic E-state index is 0.0114. The molecule has 7 nitrogen and oxygen atoms in total. The third-order valence-corrected chi connectivity index (χ3v) is 5.28. The Morgan fingerprint density at radius 3 is 2.29 bits per heavy atom. The molecule has 0 aromatic carbocycles. The van der Waals surface area contributed by atoms with Crippen LogP contribution in [0.5, 0.6) is 0 Å². The fourth-order valence-corrected chi connectivity index (χ4v) is 3.44. The van der Waals surface area contributed by atoms with Gasteiger partial charge in [-0.25, -0.2) is 9.50 Å². The van der Waals surface area contributed by atoms with Crippen molar-refractivity contribution in [2.45, 2.75) is 66.2 Å². The number of carbonyl (C=O) groups is 1. The van der Waals surface area contributed by atoms with E-state index in [0.29, 0.717) is 11.1 Å². The Balaban J connectivity index is 2.01. The number of amides is 1. The Morgan fingerprint density at radius 1 is 1.13 bits per heavy atom. The van der Waals surface area contributed by atoms with Crippen molar-refractivity contribution in [1.82, 2.24) is 29.3 Å². The number of hydrogen-bond acceptors (Lipinski definition) is 4. The molecular weight excluding hydrogens is 409 g/mol. The zero-order chi connectivity index (χ0) is 23.3. The third kappa shape index (κ3) is 4.28. The molecule has 3 aromatic heterocycles. The highest BCUT2D eigenvalue weighted by atomic mass is 19.4. The fourth-order valence-electron chi connectivity index (χ4n) is 3.44. The van der Waals surface area contributed by atoms with Crippen LogP contribution in [0, 0.1) is 13.8 Å². The number of aromatic nitrogens is 5. The van der Waals surface area contributed by atoms with E-state index in [1.807, 2.05) is 25.5 Å². The number of hydrogen-bond donors (Lipinski definition) is 0. The molecule has 0 unspecified atom stereocenters. The molecule has 168 valence electrons. The van der Waals surface area contributed by atoms with Crippen molar-refractivity contribution in [3.63, 3.8) is 0 Å². The van der Waals surface area contributed by atoms with Crippen LogP contribution in [0.1, 0.15) is 66.5 Å². The lowest BCUT2D eigenvalue weighted by atomic mass is 9.91. The first-order valence-electron chi connectivity index (χ1n) is 10.0. The summed E-state index contributed by atoms with van der Waals surface area (Å²) < 4.78 is 43.6. The molecule has 0 atom stereocenters. The van der Waals surface area contributed by atoms with Crippen LogP contribution in [-0.2, 0) is 24.7 Å². The molecular formula is C21H27F3N6O. The molecule has 0 saturated heterocycles. The number of halogens is 3. The van der Waals surface area contributed by atoms with E-state index in [-0.39, 0.29) is 23.6 Å². The molecule has 0 aliphatic carbocycles. The quantitative estimate of drug-likeness (QED) is 0.616. The first kappa shape index (κ1) is 22.8. The summed E-state index contributed by atoms with van der Waals surface area (Å²) in [6, 6.07) is 2.29. The van der Waals surface area contributed by atoms with Gasteiger partial charge in [-0.1, -0.05) is 20.8 Å². The fraction of sp³-hybridized carbons (Fsp3) is 0.524. The second kappa shape index (κ2) is 7.65. The van der Waals surface area contributed by atoms with Crippen molar-refractivity contribution < 1.29 is 18.0 Å². The van der Waals surface area contributed by atoms with E-state index in [9.17, 15) is 18.0 Å². The number of rotatable bonds is 4. The first-order valence-corrected chi connectivity index (χ1v) is 10.0. The Morgan fingerprint density at radius 2 is 1.77 bits per heavy atom. The van der Waals surface area contributed by atoms with Crippen molar-refractivity contribution in [2.24, 2.45) is 0 Å². The van der Waals surface area contributed by atoms with Gasteiger partial charge in [0, 0.05) is 42.9 Å². The van der Waals surface area contributed by atoms with Gasteiger partial charge in [0.15, 0.2) is 11.3 Å². The van der Waals surface area contributed by atoms with Crippen LogP contribution >= 0.6 is 0 Å². The normalized spacial score (nSPS) is 12.6. The Kier molecular flexibility index (Phi) is 5.62. The Hall–Kier alpha value is -2.91. The van der Waals surface area contributed by atoms with Crippen LogP contribution in [0.25, 0.3) is 5.65 Å². The topological polar surface area (TPSA) is 68.3 Å². The summed E-state index contributed by atoms with van der Waals surface area (Å²) in [5, 5.41) is 8.40. The Bertz CT molecular complexity index is 1140. The molecule has 0 saturated carbocycles. The van der Waals surface area contributed by atoms with Gasteiger partial charge in [0.25, 0.3) is 5.91 Å². The van der Waals surface area contributed by atoms with Gasteiger partial charge >= 0.3 is 6.18 Å². The number of fused-ring (bicyclic) bond motifs is 1. The monoisotopic (exact) mass is 436 g/mol. The summed E-state index contributed by atoms with van der Waals surface area (Å²) >= 11 is 0. The summed E-state index contributed by atoms with van der Waals surface area (Å²) in [4.78, 5) is 18.7. The van der Waals surface area contributed by atoms with E-state index in [0.717, 1.165) is 23.0 Å². The van der Waals surface area contributed by atoms with Gasteiger partial charge in [-0.3, -0.25) is 9.48 Å². The van der Waals surface area contributed by atoms with E-state index in [1.165, 1.54) is 11.0 Å². The minimum atomic E-state index is -4.64. The SMILES string of the molecule is CCn1nc(C)c(CN(C)C(=O)c2cc3nc(C(C)(C)C)cc(C(F)(F)F)n3n2)c1C. The maximum atomic E-state index is 13.7. The highest BCUT2D eigenvalue weighted by Crippen LogP contribution is 2.32. The van der Waals surface area contributed by atoms with Gasteiger partial charge in [0.2, 0.25) is 0 Å². The van der Waals surface area contributed by atoms with E-state index >= 15 is 0 Å². The number of carbonyl (C=O) groups excluding carboxylic acids is 1. The highest BCUT2D eigenvalue weighted by molar-refractivity contribution is 5.93. The molecule has 0 aliphatic rings. The van der Waals surface area contributed by atoms with Crippen LogP contribution in [0.3, 0.4) is 0 Å². The molecule has 0 fully saturated rings. The smallest absolute Gasteiger partial charge is 0.336 e. The molecule has 1 amide bonds. The van der Waals surface area contributed by atoms with Crippen molar-refractivity contribution in [3.8, 4) is 0 Å². The van der Waals surface area contributed by atoms with Crippen molar-refractivity contribution in [3.05, 3.63) is 46.2 Å². The van der Waals surface area contributed by atoms with Crippen LogP contribution < -0.4 is 0 Å². The lowest BCUT2D eigenvalue weighted by Gasteiger charge is -2.19. The summed E-state index contributed by atoms with van der Waals surface area (Å²) in [6.07, 6.45) is -4.64. The molecule has 0 bridgehead atoms. The number of alkyl halides is 3. The number of nitrogens with zero attached hydrogens (tertiary/aromatic N) is 6. The first-order chi connectivity index (χ1) is 14.2. The van der Waals surface area contributed by atoms with Crippen molar-refractivity contribution >= 4 is 11.6 Å². The molecule has 31 heavy (non-hydrogen) atoms. The van der Waals surface area contributed by atoms with Gasteiger partial charge in [-0.15, -0.1) is 0 Å². The Labute approximate surface area is 178 Å². The van der Waals surface area contributed by atoms with Gasteiger partial charge in [0.1, 0.15) is 5.69 Å². The van der Waals surface area contributed by atoms with Crippen LogP contribution in [0.4, 0.5) is 13.2 Å². The molecule has 10 heteroatoms. The van der Waals surface area contributed by atoms with E-state index in [1.54, 1.807) is 27.8 Å². The van der Waals surface area contributed by atoms with E-state index in [2.05, 4.69) is 15.2 Å². The molecule has 0 N–H and O–H groups in total. The summed E-state index contributed by atoms with van der Waals surface area (Å²) in [5.74, 6) is -0.487. The largest absolute Gasteiger partial charge is 0.433 e. The van der Waals surface area contributed by atoms with Crippen LogP contribution in [-0.4, -0.2) is 42.2 Å². The van der Waals surface area contributed by atoms with Gasteiger partial charge in [0.05, 0.1) is 11.4 Å². The molecule has 3 rings (SSSR count). The maximum Gasteiger partial charge on any atom is 0.433 e. The van der Waals surface area contributed by atoms with Crippen molar-refractivity contribution in [2.75, 3.05) is 7.05 Å². The predicted molar refractivity (Wildman–Crippen MR) is 110 cm³/mol. The standard InChI is InChI=1S/C21H27F3N6O/c1-8-29-13(3)14(12(2)26-29)11-28(7)19(31)15-9-18-25-16(20(4,5)6)10-17(21(22,23)24)30(18)27-15/h9-10H,8,11H2,1-7H3. The molecule has 3 aromatic rings. The highest BCUT2D eigenvalue weighted by Gasteiger charge is 2.37. The van der Waals surface area contributed by atoms with E-state index < -0.39 is 23.2 Å². The second-order valence-corrected chi connectivity index (χ2v) is 8.70. The molecule has 0 radical (unpaired) electrons. The van der Waals surface area contributed by atoms with Gasteiger partial charge in [-0.2, -0.15) is 23.4 Å². The zero-order valence-corrected chi connectivity index (χ0v) is 18.8. The van der Waals surface area contributed by atoms with Crippen LogP contribution in [0.2, 0.25) is 0 Å². The summed E-state index contributed by atoms with van der Waals surface area (Å²) in [6.45, 7) is 12.1.